The maximum atomic E-state index is 13.1. The van der Waals surface area contributed by atoms with Gasteiger partial charge in [0.25, 0.3) is 5.91 Å². The van der Waals surface area contributed by atoms with Gasteiger partial charge in [0.05, 0.1) is 17.0 Å². The van der Waals surface area contributed by atoms with Crippen LogP contribution in [-0.4, -0.2) is 25.7 Å². The number of para-hydroxylation sites is 1. The van der Waals surface area contributed by atoms with Crippen LogP contribution in [0, 0.1) is 6.92 Å². The number of hydrogen-bond donors (Lipinski definition) is 1. The molecule has 1 N–H and O–H groups in total. The number of fused-ring (bicyclic) bond motifs is 1. The largest absolute Gasteiger partial charge is 0.457 e. The minimum Gasteiger partial charge on any atom is -0.457 e. The summed E-state index contributed by atoms with van der Waals surface area (Å²) >= 11 is 6.25. The first-order valence-corrected chi connectivity index (χ1v) is 11.9. The molecule has 0 aliphatic rings. The molecule has 0 unspecified atom stereocenters. The molecule has 0 aliphatic carbocycles. The second-order valence-corrected chi connectivity index (χ2v) is 9.12. The number of anilines is 1. The smallest absolute Gasteiger partial charge is 0.278 e. The molecule has 2 aromatic heterocycles. The molecule has 0 atom stereocenters. The lowest BCUT2D eigenvalue weighted by Gasteiger charge is -2.09. The molecular weight excluding hydrogens is 474 g/mol. The van der Waals surface area contributed by atoms with E-state index in [4.69, 9.17) is 21.4 Å². The number of carbonyl (C=O) groups is 1. The lowest BCUT2D eigenvalue weighted by atomic mass is 10.00. The minimum atomic E-state index is -0.371. The first-order valence-electron chi connectivity index (χ1n) is 11.6. The summed E-state index contributed by atoms with van der Waals surface area (Å²) in [6.07, 6.45) is 0. The molecule has 36 heavy (non-hydrogen) atoms. The van der Waals surface area contributed by atoms with E-state index in [1.54, 1.807) is 28.8 Å². The van der Waals surface area contributed by atoms with Crippen LogP contribution >= 0.6 is 11.6 Å². The fourth-order valence-electron chi connectivity index (χ4n) is 3.98. The molecule has 0 saturated heterocycles. The predicted molar refractivity (Wildman–Crippen MR) is 141 cm³/mol. The number of carbonyl (C=O) groups excluding carboxylic acids is 1. The van der Waals surface area contributed by atoms with Crippen molar-refractivity contribution in [2.24, 2.45) is 0 Å². The molecule has 7 nitrogen and oxygen atoms in total. The topological polar surface area (TPSA) is 81.4 Å². The normalized spacial score (nSPS) is 11.1. The summed E-state index contributed by atoms with van der Waals surface area (Å²) in [7, 11) is 0. The fraction of sp³-hybridized carbons (Fsp3) is 0.143. The van der Waals surface area contributed by atoms with E-state index in [1.165, 1.54) is 0 Å². The number of halogens is 1. The Bertz CT molecular complexity index is 1550. The van der Waals surface area contributed by atoms with E-state index in [0.717, 1.165) is 22.6 Å². The molecule has 0 radical (unpaired) electrons. The van der Waals surface area contributed by atoms with E-state index in [0.29, 0.717) is 27.8 Å². The number of amides is 1. The lowest BCUT2D eigenvalue weighted by Crippen LogP contribution is -2.18. The Morgan fingerprint density at radius 1 is 0.944 bits per heavy atom. The van der Waals surface area contributed by atoms with Gasteiger partial charge in [-0.25, -0.2) is 4.52 Å². The van der Waals surface area contributed by atoms with Crippen molar-refractivity contribution in [1.82, 2.24) is 19.8 Å². The first kappa shape index (κ1) is 23.5. The van der Waals surface area contributed by atoms with Crippen LogP contribution in [0.5, 0.6) is 11.5 Å². The summed E-state index contributed by atoms with van der Waals surface area (Å²) in [5.41, 5.74) is 4.62. The third-order valence-electron chi connectivity index (χ3n) is 5.76. The molecule has 2 heterocycles. The van der Waals surface area contributed by atoms with Gasteiger partial charge in [0, 0.05) is 10.7 Å². The molecule has 0 saturated carbocycles. The summed E-state index contributed by atoms with van der Waals surface area (Å²) < 4.78 is 7.50. The first-order chi connectivity index (χ1) is 17.4. The zero-order valence-corrected chi connectivity index (χ0v) is 20.8. The van der Waals surface area contributed by atoms with Gasteiger partial charge < -0.3 is 10.1 Å². The number of nitrogens with one attached hydrogen (secondary N) is 1. The highest BCUT2D eigenvalue weighted by Gasteiger charge is 2.23. The maximum absolute atomic E-state index is 13.1. The monoisotopic (exact) mass is 497 g/mol. The molecule has 1 amide bonds. The van der Waals surface area contributed by atoms with Crippen molar-refractivity contribution in [3.63, 3.8) is 0 Å². The van der Waals surface area contributed by atoms with E-state index < -0.39 is 0 Å². The Labute approximate surface area is 213 Å². The Morgan fingerprint density at radius 3 is 2.36 bits per heavy atom. The van der Waals surface area contributed by atoms with Crippen LogP contribution in [0.4, 0.5) is 5.69 Å². The van der Waals surface area contributed by atoms with Crippen LogP contribution in [0.1, 0.15) is 41.6 Å². The van der Waals surface area contributed by atoms with Crippen molar-refractivity contribution in [3.05, 3.63) is 101 Å². The van der Waals surface area contributed by atoms with Crippen LogP contribution in [0.2, 0.25) is 5.02 Å². The standard InChI is InChI=1S/C28H24ClN5O2/c1-17(2)25-24(19-8-7-9-20(29)16-19)27-32-31-26(18(3)34(27)33-25)28(35)30-21-12-14-23(15-13-21)36-22-10-5-4-6-11-22/h4-17H,1-3H3,(H,30,35). The van der Waals surface area contributed by atoms with Gasteiger partial charge >= 0.3 is 0 Å². The Kier molecular flexibility index (Phi) is 6.40. The Hall–Kier alpha value is -4.23. The molecule has 0 fully saturated rings. The highest BCUT2D eigenvalue weighted by molar-refractivity contribution is 6.30. The van der Waals surface area contributed by atoms with Crippen LogP contribution in [0.15, 0.2) is 78.9 Å². The van der Waals surface area contributed by atoms with Gasteiger partial charge in [0.1, 0.15) is 11.5 Å². The molecule has 0 spiro atoms. The van der Waals surface area contributed by atoms with E-state index in [1.807, 2.05) is 61.5 Å². The van der Waals surface area contributed by atoms with Gasteiger partial charge in [-0.15, -0.1) is 10.2 Å². The summed E-state index contributed by atoms with van der Waals surface area (Å²) in [4.78, 5) is 13.1. The average molecular weight is 498 g/mol. The molecule has 5 aromatic rings. The van der Waals surface area contributed by atoms with Gasteiger partial charge in [0.2, 0.25) is 0 Å². The third-order valence-corrected chi connectivity index (χ3v) is 5.99. The van der Waals surface area contributed by atoms with Crippen LogP contribution in [0.3, 0.4) is 0 Å². The molecule has 180 valence electrons. The maximum Gasteiger partial charge on any atom is 0.278 e. The SMILES string of the molecule is Cc1c(C(=O)Nc2ccc(Oc3ccccc3)cc2)nnc2c(-c3cccc(Cl)c3)c(C(C)C)nn12. The van der Waals surface area contributed by atoms with Crippen molar-refractivity contribution >= 4 is 28.8 Å². The second-order valence-electron chi connectivity index (χ2n) is 8.69. The highest BCUT2D eigenvalue weighted by Crippen LogP contribution is 2.33. The summed E-state index contributed by atoms with van der Waals surface area (Å²) in [5, 5.41) is 17.0. The van der Waals surface area contributed by atoms with Crippen LogP contribution < -0.4 is 10.1 Å². The van der Waals surface area contributed by atoms with Gasteiger partial charge in [-0.3, -0.25) is 4.79 Å². The molecule has 5 rings (SSSR count). The highest BCUT2D eigenvalue weighted by atomic mass is 35.5. The summed E-state index contributed by atoms with van der Waals surface area (Å²) in [6, 6.07) is 24.2. The number of nitrogens with zero attached hydrogens (tertiary/aromatic N) is 4. The van der Waals surface area contributed by atoms with Crippen molar-refractivity contribution < 1.29 is 9.53 Å². The fourth-order valence-corrected chi connectivity index (χ4v) is 4.17. The zero-order chi connectivity index (χ0) is 25.2. The van der Waals surface area contributed by atoms with Gasteiger partial charge in [-0.1, -0.05) is 55.8 Å². The molecule has 0 aliphatic heterocycles. The predicted octanol–water partition coefficient (Wildman–Crippen LogP) is 6.92. The van der Waals surface area contributed by atoms with E-state index >= 15 is 0 Å². The number of rotatable bonds is 6. The third kappa shape index (κ3) is 4.65. The Balaban J connectivity index is 1.43. The minimum absolute atomic E-state index is 0.133. The van der Waals surface area contributed by atoms with Gasteiger partial charge in [-0.05, 0) is 66.9 Å². The van der Waals surface area contributed by atoms with E-state index in [2.05, 4.69) is 29.4 Å². The molecule has 3 aromatic carbocycles. The van der Waals surface area contributed by atoms with Gasteiger partial charge in [0.15, 0.2) is 11.3 Å². The summed E-state index contributed by atoms with van der Waals surface area (Å²) in [6.45, 7) is 5.95. The molecular formula is C28H24ClN5O2. The van der Waals surface area contributed by atoms with Crippen molar-refractivity contribution in [2.75, 3.05) is 5.32 Å². The number of aromatic nitrogens is 4. The molecule has 8 heteroatoms. The second kappa shape index (κ2) is 9.79. The number of benzene rings is 3. The van der Waals surface area contributed by atoms with Crippen molar-refractivity contribution in [3.8, 4) is 22.6 Å². The number of aryl methyl sites for hydroxylation is 1. The molecule has 0 bridgehead atoms. The lowest BCUT2D eigenvalue weighted by molar-refractivity contribution is 0.102. The van der Waals surface area contributed by atoms with E-state index in [9.17, 15) is 4.79 Å². The van der Waals surface area contributed by atoms with Crippen LogP contribution in [0.25, 0.3) is 16.8 Å². The number of ether oxygens (including phenoxy) is 1. The quantitative estimate of drug-likeness (QED) is 0.275. The zero-order valence-electron chi connectivity index (χ0n) is 20.1. The van der Waals surface area contributed by atoms with Crippen molar-refractivity contribution in [2.45, 2.75) is 26.7 Å². The average Bonchev–Trinajstić information content (AvgIpc) is 3.27. The summed E-state index contributed by atoms with van der Waals surface area (Å²) in [5.74, 6) is 1.17. The Morgan fingerprint density at radius 2 is 1.67 bits per heavy atom. The van der Waals surface area contributed by atoms with E-state index in [-0.39, 0.29) is 17.5 Å². The van der Waals surface area contributed by atoms with Crippen LogP contribution in [-0.2, 0) is 0 Å². The van der Waals surface area contributed by atoms with Gasteiger partial charge in [-0.2, -0.15) is 5.10 Å². The number of hydrogen-bond acceptors (Lipinski definition) is 5. The van der Waals surface area contributed by atoms with Crippen molar-refractivity contribution in [1.29, 1.82) is 0 Å².